The average Bonchev–Trinajstić information content (AvgIpc) is 3.25. The summed E-state index contributed by atoms with van der Waals surface area (Å²) in [5.74, 6) is 0.176. The summed E-state index contributed by atoms with van der Waals surface area (Å²) in [5.41, 5.74) is 3.30. The maximum atomic E-state index is 12.4. The van der Waals surface area contributed by atoms with Crippen molar-refractivity contribution in [2.75, 3.05) is 32.8 Å². The number of rotatable bonds is 3. The molecule has 4 rings (SSSR count). The highest BCUT2D eigenvalue weighted by Crippen LogP contribution is 2.17. The van der Waals surface area contributed by atoms with E-state index in [0.717, 1.165) is 63.5 Å². The molecular formula is C18H24N4O2. The number of aromatic nitrogens is 2. The SMILES string of the molecule is Cc1cccn2cc(CN3CCN(C(=O)C4CCCO4)CC3)nc12. The van der Waals surface area contributed by atoms with Crippen molar-refractivity contribution >= 4 is 11.6 Å². The number of carbonyl (C=O) groups excluding carboxylic acids is 1. The van der Waals surface area contributed by atoms with Crippen molar-refractivity contribution in [3.63, 3.8) is 0 Å². The zero-order valence-corrected chi connectivity index (χ0v) is 14.1. The second-order valence-electron chi connectivity index (χ2n) is 6.76. The Balaban J connectivity index is 1.35. The van der Waals surface area contributed by atoms with Gasteiger partial charge in [-0.15, -0.1) is 0 Å². The highest BCUT2D eigenvalue weighted by Gasteiger charge is 2.30. The third-order valence-electron chi connectivity index (χ3n) is 5.00. The van der Waals surface area contributed by atoms with Gasteiger partial charge in [0.05, 0.1) is 5.69 Å². The van der Waals surface area contributed by atoms with Crippen LogP contribution in [0.2, 0.25) is 0 Å². The van der Waals surface area contributed by atoms with Crippen LogP contribution in [0, 0.1) is 6.92 Å². The second-order valence-corrected chi connectivity index (χ2v) is 6.76. The fourth-order valence-corrected chi connectivity index (χ4v) is 3.61. The molecule has 2 aromatic heterocycles. The predicted octanol–water partition coefficient (Wildman–Crippen LogP) is 1.47. The van der Waals surface area contributed by atoms with Crippen molar-refractivity contribution in [2.24, 2.45) is 0 Å². The van der Waals surface area contributed by atoms with E-state index in [9.17, 15) is 4.79 Å². The van der Waals surface area contributed by atoms with Crippen LogP contribution in [0.3, 0.4) is 0 Å². The maximum absolute atomic E-state index is 12.4. The first-order valence-electron chi connectivity index (χ1n) is 8.76. The lowest BCUT2D eigenvalue weighted by atomic mass is 10.2. The number of fused-ring (bicyclic) bond motifs is 1. The molecule has 2 aliphatic heterocycles. The van der Waals surface area contributed by atoms with Gasteiger partial charge in [0.15, 0.2) is 0 Å². The Hall–Kier alpha value is -1.92. The van der Waals surface area contributed by atoms with E-state index in [-0.39, 0.29) is 12.0 Å². The fourth-order valence-electron chi connectivity index (χ4n) is 3.61. The Kier molecular flexibility index (Phi) is 4.24. The Bertz CT molecular complexity index is 728. The van der Waals surface area contributed by atoms with Gasteiger partial charge in [-0.3, -0.25) is 9.69 Å². The molecule has 0 aromatic carbocycles. The van der Waals surface area contributed by atoms with Crippen molar-refractivity contribution < 1.29 is 9.53 Å². The van der Waals surface area contributed by atoms with E-state index in [0.29, 0.717) is 0 Å². The van der Waals surface area contributed by atoms with E-state index in [4.69, 9.17) is 9.72 Å². The molecule has 2 aliphatic rings. The van der Waals surface area contributed by atoms with Crippen molar-refractivity contribution in [1.82, 2.24) is 19.2 Å². The number of carbonyl (C=O) groups is 1. The molecule has 1 unspecified atom stereocenters. The summed E-state index contributed by atoms with van der Waals surface area (Å²) in [6.45, 7) is 7.00. The number of hydrogen-bond donors (Lipinski definition) is 0. The van der Waals surface area contributed by atoms with Gasteiger partial charge in [-0.05, 0) is 31.4 Å². The van der Waals surface area contributed by atoms with Crippen LogP contribution < -0.4 is 0 Å². The Labute approximate surface area is 142 Å². The number of ether oxygens (including phenoxy) is 1. The monoisotopic (exact) mass is 328 g/mol. The average molecular weight is 328 g/mol. The number of nitrogens with zero attached hydrogens (tertiary/aromatic N) is 4. The molecule has 0 bridgehead atoms. The van der Waals surface area contributed by atoms with E-state index in [1.807, 2.05) is 17.2 Å². The van der Waals surface area contributed by atoms with Crippen LogP contribution in [0.5, 0.6) is 0 Å². The van der Waals surface area contributed by atoms with E-state index in [1.54, 1.807) is 0 Å². The molecule has 0 radical (unpaired) electrons. The van der Waals surface area contributed by atoms with Gasteiger partial charge in [0.25, 0.3) is 5.91 Å². The first-order valence-corrected chi connectivity index (χ1v) is 8.76. The van der Waals surface area contributed by atoms with Crippen LogP contribution in [0.25, 0.3) is 5.65 Å². The molecule has 6 nitrogen and oxygen atoms in total. The smallest absolute Gasteiger partial charge is 0.251 e. The van der Waals surface area contributed by atoms with Crippen molar-refractivity contribution in [2.45, 2.75) is 32.4 Å². The topological polar surface area (TPSA) is 50.1 Å². The van der Waals surface area contributed by atoms with Crippen molar-refractivity contribution in [1.29, 1.82) is 0 Å². The number of amides is 1. The summed E-state index contributed by atoms with van der Waals surface area (Å²) >= 11 is 0. The predicted molar refractivity (Wildman–Crippen MR) is 90.8 cm³/mol. The summed E-state index contributed by atoms with van der Waals surface area (Å²) in [6.07, 6.45) is 5.82. The first-order chi connectivity index (χ1) is 11.7. The van der Waals surface area contributed by atoms with Crippen molar-refractivity contribution in [3.8, 4) is 0 Å². The standard InChI is InChI=1S/C18H24N4O2/c1-14-4-2-6-22-13-15(19-17(14)22)12-20-7-9-21(10-8-20)18(23)16-5-3-11-24-16/h2,4,6,13,16H,3,5,7-12H2,1H3. The Morgan fingerprint density at radius 3 is 2.88 bits per heavy atom. The van der Waals surface area contributed by atoms with Crippen molar-refractivity contribution in [3.05, 3.63) is 35.8 Å². The number of hydrogen-bond acceptors (Lipinski definition) is 4. The summed E-state index contributed by atoms with van der Waals surface area (Å²) in [4.78, 5) is 21.5. The maximum Gasteiger partial charge on any atom is 0.251 e. The lowest BCUT2D eigenvalue weighted by molar-refractivity contribution is -0.142. The third kappa shape index (κ3) is 3.03. The number of piperazine rings is 1. The summed E-state index contributed by atoms with van der Waals surface area (Å²) in [6, 6.07) is 4.13. The molecule has 1 atom stereocenters. The van der Waals surface area contributed by atoms with E-state index in [2.05, 4.69) is 28.5 Å². The second kappa shape index (κ2) is 6.53. The van der Waals surface area contributed by atoms with Gasteiger partial charge < -0.3 is 14.0 Å². The van der Waals surface area contributed by atoms with Gasteiger partial charge in [0.2, 0.25) is 0 Å². The quantitative estimate of drug-likeness (QED) is 0.856. The normalized spacial score (nSPS) is 22.4. The van der Waals surface area contributed by atoms with E-state index < -0.39 is 0 Å². The highest BCUT2D eigenvalue weighted by atomic mass is 16.5. The molecule has 0 N–H and O–H groups in total. The third-order valence-corrected chi connectivity index (χ3v) is 5.00. The van der Waals surface area contributed by atoms with Gasteiger partial charge in [-0.25, -0.2) is 4.98 Å². The molecule has 4 heterocycles. The number of pyridine rings is 1. The summed E-state index contributed by atoms with van der Waals surface area (Å²) in [5, 5.41) is 0. The van der Waals surface area contributed by atoms with Gasteiger partial charge in [0, 0.05) is 51.7 Å². The molecule has 6 heteroatoms. The van der Waals surface area contributed by atoms with Crippen LogP contribution in [0.15, 0.2) is 24.5 Å². The fraction of sp³-hybridized carbons (Fsp3) is 0.556. The van der Waals surface area contributed by atoms with Gasteiger partial charge in [0.1, 0.15) is 11.8 Å². The summed E-state index contributed by atoms with van der Waals surface area (Å²) in [7, 11) is 0. The minimum Gasteiger partial charge on any atom is -0.368 e. The number of aryl methyl sites for hydroxylation is 1. The number of imidazole rings is 1. The first kappa shape index (κ1) is 15.6. The van der Waals surface area contributed by atoms with E-state index in [1.165, 1.54) is 5.56 Å². The largest absolute Gasteiger partial charge is 0.368 e. The van der Waals surface area contributed by atoms with Crippen LogP contribution >= 0.6 is 0 Å². The molecule has 0 saturated carbocycles. The molecule has 1 amide bonds. The molecule has 2 aromatic rings. The molecule has 128 valence electrons. The molecule has 0 aliphatic carbocycles. The van der Waals surface area contributed by atoms with Gasteiger partial charge in [-0.1, -0.05) is 6.07 Å². The molecular weight excluding hydrogens is 304 g/mol. The lowest BCUT2D eigenvalue weighted by Gasteiger charge is -2.35. The van der Waals surface area contributed by atoms with Gasteiger partial charge >= 0.3 is 0 Å². The zero-order valence-electron chi connectivity index (χ0n) is 14.1. The van der Waals surface area contributed by atoms with Crippen LogP contribution in [0.1, 0.15) is 24.1 Å². The summed E-state index contributed by atoms with van der Waals surface area (Å²) < 4.78 is 7.60. The minimum atomic E-state index is -0.196. The van der Waals surface area contributed by atoms with E-state index >= 15 is 0 Å². The molecule has 2 fully saturated rings. The minimum absolute atomic E-state index is 0.176. The van der Waals surface area contributed by atoms with Crippen LogP contribution in [0.4, 0.5) is 0 Å². The lowest BCUT2D eigenvalue weighted by Crippen LogP contribution is -2.51. The Morgan fingerprint density at radius 2 is 2.17 bits per heavy atom. The van der Waals surface area contributed by atoms with Gasteiger partial charge in [-0.2, -0.15) is 0 Å². The van der Waals surface area contributed by atoms with Crippen LogP contribution in [-0.4, -0.2) is 64.0 Å². The Morgan fingerprint density at radius 1 is 1.33 bits per heavy atom. The zero-order chi connectivity index (χ0) is 16.5. The molecule has 2 saturated heterocycles. The van der Waals surface area contributed by atoms with Crippen LogP contribution in [-0.2, 0) is 16.1 Å². The highest BCUT2D eigenvalue weighted by molar-refractivity contribution is 5.81. The molecule has 24 heavy (non-hydrogen) atoms. The molecule has 0 spiro atoms.